The van der Waals surface area contributed by atoms with E-state index in [-0.39, 0.29) is 11.7 Å². The molecule has 27 heavy (non-hydrogen) atoms. The van der Waals surface area contributed by atoms with Crippen LogP contribution in [0.15, 0.2) is 57.9 Å². The van der Waals surface area contributed by atoms with Gasteiger partial charge >= 0.3 is 0 Å². The number of hydrogen-bond donors (Lipinski definition) is 1. The van der Waals surface area contributed by atoms with Gasteiger partial charge in [-0.1, -0.05) is 45.8 Å². The van der Waals surface area contributed by atoms with Crippen LogP contribution < -0.4 is 5.32 Å². The monoisotopic (exact) mass is 461 g/mol. The van der Waals surface area contributed by atoms with E-state index in [4.69, 9.17) is 0 Å². The van der Waals surface area contributed by atoms with Gasteiger partial charge in [0.1, 0.15) is 0 Å². The molecule has 3 aromatic rings. The summed E-state index contributed by atoms with van der Waals surface area (Å²) in [5.74, 6) is -0.261. The standard InChI is InChI=1S/C20H16BrNO3S2/c1-12-3-2-4-13(7-12)10-22-20(23)17-8-14-11-27(24,25)18-6-5-15(21)9-16(18)19(14)26-17/h2-9H,10-11H2,1H3,(H,22,23). The molecule has 0 saturated carbocycles. The molecule has 0 saturated heterocycles. The molecule has 0 spiro atoms. The molecule has 0 unspecified atom stereocenters. The fraction of sp³-hybridized carbons (Fsp3) is 0.150. The molecule has 2 aromatic carbocycles. The SMILES string of the molecule is Cc1cccc(CNC(=O)c2cc3c(s2)-c2cc(Br)ccc2S(=O)(=O)C3)c1. The molecule has 1 aromatic heterocycles. The van der Waals surface area contributed by atoms with E-state index in [1.807, 2.05) is 31.2 Å². The van der Waals surface area contributed by atoms with Gasteiger partial charge in [-0.15, -0.1) is 11.3 Å². The van der Waals surface area contributed by atoms with Crippen LogP contribution in [0.5, 0.6) is 0 Å². The number of carbonyl (C=O) groups is 1. The van der Waals surface area contributed by atoms with E-state index in [2.05, 4.69) is 21.2 Å². The lowest BCUT2D eigenvalue weighted by atomic mass is 10.1. The van der Waals surface area contributed by atoms with Gasteiger partial charge in [-0.25, -0.2) is 8.42 Å². The van der Waals surface area contributed by atoms with Crippen molar-refractivity contribution in [2.75, 3.05) is 0 Å². The van der Waals surface area contributed by atoms with Gasteiger partial charge in [0.25, 0.3) is 5.91 Å². The molecule has 0 radical (unpaired) electrons. The minimum absolute atomic E-state index is 0.0708. The minimum Gasteiger partial charge on any atom is -0.347 e. The maximum atomic E-state index is 12.6. The first kappa shape index (κ1) is 18.4. The minimum atomic E-state index is -3.39. The molecule has 1 aliphatic rings. The first-order chi connectivity index (χ1) is 12.8. The lowest BCUT2D eigenvalue weighted by molar-refractivity contribution is 0.0955. The molecule has 2 heterocycles. The van der Waals surface area contributed by atoms with Crippen LogP contribution in [0.4, 0.5) is 0 Å². The van der Waals surface area contributed by atoms with E-state index in [1.165, 1.54) is 11.3 Å². The zero-order chi connectivity index (χ0) is 19.2. The van der Waals surface area contributed by atoms with Gasteiger partial charge in [0, 0.05) is 21.5 Å². The maximum absolute atomic E-state index is 12.6. The Bertz CT molecular complexity index is 1170. The third-order valence-electron chi connectivity index (χ3n) is 4.44. The fourth-order valence-corrected chi connectivity index (χ4v) is 6.41. The van der Waals surface area contributed by atoms with Crippen molar-refractivity contribution >= 4 is 43.0 Å². The Morgan fingerprint density at radius 2 is 2.00 bits per heavy atom. The van der Waals surface area contributed by atoms with Crippen LogP contribution in [0.25, 0.3) is 10.4 Å². The Labute approximate surface area is 170 Å². The molecule has 1 N–H and O–H groups in total. The molecule has 4 rings (SSSR count). The van der Waals surface area contributed by atoms with Gasteiger partial charge in [-0.05, 0) is 42.3 Å². The van der Waals surface area contributed by atoms with Crippen LogP contribution in [0.1, 0.15) is 26.4 Å². The van der Waals surface area contributed by atoms with Crippen molar-refractivity contribution in [1.29, 1.82) is 0 Å². The summed E-state index contributed by atoms with van der Waals surface area (Å²) in [4.78, 5) is 14.3. The number of benzene rings is 2. The van der Waals surface area contributed by atoms with Gasteiger partial charge in [0.2, 0.25) is 0 Å². The maximum Gasteiger partial charge on any atom is 0.261 e. The van der Waals surface area contributed by atoms with Crippen LogP contribution in [-0.2, 0) is 22.1 Å². The predicted molar refractivity (Wildman–Crippen MR) is 111 cm³/mol. The van der Waals surface area contributed by atoms with E-state index < -0.39 is 9.84 Å². The average Bonchev–Trinajstić information content (AvgIpc) is 3.03. The van der Waals surface area contributed by atoms with E-state index in [1.54, 1.807) is 24.3 Å². The number of aryl methyl sites for hydroxylation is 1. The van der Waals surface area contributed by atoms with Crippen LogP contribution in [0.3, 0.4) is 0 Å². The summed E-state index contributed by atoms with van der Waals surface area (Å²) in [7, 11) is -3.39. The summed E-state index contributed by atoms with van der Waals surface area (Å²) in [5, 5.41) is 2.92. The molecule has 0 fully saturated rings. The molecular formula is C20H16BrNO3S2. The van der Waals surface area contributed by atoms with E-state index in [0.29, 0.717) is 27.4 Å². The second-order valence-electron chi connectivity index (χ2n) is 6.54. The van der Waals surface area contributed by atoms with Gasteiger partial charge < -0.3 is 5.32 Å². The third-order valence-corrected chi connectivity index (χ3v) is 7.85. The predicted octanol–water partition coefficient (Wildman–Crippen LogP) is 4.70. The Kier molecular flexibility index (Phi) is 4.70. The number of carbonyl (C=O) groups excluding carboxylic acids is 1. The number of sulfone groups is 1. The van der Waals surface area contributed by atoms with Crippen LogP contribution in [0, 0.1) is 6.92 Å². The van der Waals surface area contributed by atoms with Crippen LogP contribution >= 0.6 is 27.3 Å². The fourth-order valence-electron chi connectivity index (χ4n) is 3.20. The zero-order valence-corrected chi connectivity index (χ0v) is 17.7. The highest BCUT2D eigenvalue weighted by molar-refractivity contribution is 9.10. The molecule has 138 valence electrons. The molecule has 0 bridgehead atoms. The van der Waals surface area contributed by atoms with Gasteiger partial charge in [0.15, 0.2) is 9.84 Å². The average molecular weight is 462 g/mol. The Morgan fingerprint density at radius 1 is 1.19 bits per heavy atom. The first-order valence-corrected chi connectivity index (χ1v) is 11.6. The zero-order valence-electron chi connectivity index (χ0n) is 14.5. The third kappa shape index (κ3) is 3.59. The van der Waals surface area contributed by atoms with Gasteiger partial charge in [-0.3, -0.25) is 4.79 Å². The van der Waals surface area contributed by atoms with E-state index >= 15 is 0 Å². The van der Waals surface area contributed by atoms with Crippen LogP contribution in [-0.4, -0.2) is 14.3 Å². The van der Waals surface area contributed by atoms with Crippen LogP contribution in [0.2, 0.25) is 0 Å². The van der Waals surface area contributed by atoms with Crippen molar-refractivity contribution in [3.05, 3.63) is 74.6 Å². The first-order valence-electron chi connectivity index (χ1n) is 8.32. The van der Waals surface area contributed by atoms with Gasteiger partial charge in [0.05, 0.1) is 15.5 Å². The molecule has 1 amide bonds. The number of nitrogens with one attached hydrogen (secondary N) is 1. The lowest BCUT2D eigenvalue weighted by Crippen LogP contribution is -2.21. The highest BCUT2D eigenvalue weighted by Gasteiger charge is 2.31. The Balaban J connectivity index is 1.64. The lowest BCUT2D eigenvalue weighted by Gasteiger charge is -2.16. The van der Waals surface area contributed by atoms with Crippen molar-refractivity contribution in [3.8, 4) is 10.4 Å². The van der Waals surface area contributed by atoms with Crippen molar-refractivity contribution in [2.24, 2.45) is 0 Å². The second-order valence-corrected chi connectivity index (χ2v) is 10.5. The van der Waals surface area contributed by atoms with Crippen molar-refractivity contribution in [2.45, 2.75) is 24.1 Å². The summed E-state index contributed by atoms with van der Waals surface area (Å²) < 4.78 is 25.9. The van der Waals surface area contributed by atoms with Crippen molar-refractivity contribution in [1.82, 2.24) is 5.32 Å². The summed E-state index contributed by atoms with van der Waals surface area (Å²) >= 11 is 4.74. The molecule has 0 aliphatic carbocycles. The molecule has 0 atom stereocenters. The summed E-state index contributed by atoms with van der Waals surface area (Å²) in [6.07, 6.45) is 0. The number of rotatable bonds is 3. The van der Waals surface area contributed by atoms with Gasteiger partial charge in [-0.2, -0.15) is 0 Å². The molecule has 7 heteroatoms. The molecule has 1 aliphatic heterocycles. The number of amides is 1. The normalized spacial score (nSPS) is 14.3. The molecule has 4 nitrogen and oxygen atoms in total. The summed E-state index contributed by atoms with van der Waals surface area (Å²) in [6, 6.07) is 14.8. The van der Waals surface area contributed by atoms with E-state index in [0.717, 1.165) is 20.5 Å². The van der Waals surface area contributed by atoms with Crippen molar-refractivity contribution < 1.29 is 13.2 Å². The Hall–Kier alpha value is -1.96. The Morgan fingerprint density at radius 3 is 2.78 bits per heavy atom. The second kappa shape index (κ2) is 6.89. The summed E-state index contributed by atoms with van der Waals surface area (Å²) in [6.45, 7) is 2.44. The van der Waals surface area contributed by atoms with Crippen molar-refractivity contribution in [3.63, 3.8) is 0 Å². The highest BCUT2D eigenvalue weighted by atomic mass is 79.9. The van der Waals surface area contributed by atoms with E-state index in [9.17, 15) is 13.2 Å². The number of hydrogen-bond acceptors (Lipinski definition) is 4. The smallest absolute Gasteiger partial charge is 0.261 e. The number of fused-ring (bicyclic) bond motifs is 3. The largest absolute Gasteiger partial charge is 0.347 e. The molecular weight excluding hydrogens is 446 g/mol. The quantitative estimate of drug-likeness (QED) is 0.614. The summed E-state index contributed by atoms with van der Waals surface area (Å²) in [5.41, 5.74) is 3.52. The number of thiophene rings is 1. The number of halogens is 1. The highest BCUT2D eigenvalue weighted by Crippen LogP contribution is 2.43. The topological polar surface area (TPSA) is 63.2 Å².